The van der Waals surface area contributed by atoms with E-state index < -0.39 is 0 Å². The first-order valence-corrected chi connectivity index (χ1v) is 4.07. The van der Waals surface area contributed by atoms with Gasteiger partial charge in [0.15, 0.2) is 0 Å². The van der Waals surface area contributed by atoms with Crippen molar-refractivity contribution in [1.29, 1.82) is 0 Å². The third-order valence-corrected chi connectivity index (χ3v) is 1.58. The zero-order valence-electron chi connectivity index (χ0n) is 8.11. The van der Waals surface area contributed by atoms with Crippen LogP contribution in [0, 0.1) is 5.41 Å². The van der Waals surface area contributed by atoms with Gasteiger partial charge in [-0.25, -0.2) is 0 Å². The minimum atomic E-state index is -0.112. The van der Waals surface area contributed by atoms with Crippen molar-refractivity contribution in [2.24, 2.45) is 5.41 Å². The molecule has 0 bridgehead atoms. The van der Waals surface area contributed by atoms with E-state index in [0.717, 1.165) is 6.54 Å². The Balaban J connectivity index is 3.74. The predicted molar refractivity (Wildman–Crippen MR) is 50.9 cm³/mol. The molecule has 0 heterocycles. The van der Waals surface area contributed by atoms with Gasteiger partial charge in [0.2, 0.25) is 5.91 Å². The first-order chi connectivity index (χ1) is 5.52. The molecule has 0 radical (unpaired) electrons. The van der Waals surface area contributed by atoms with Gasteiger partial charge in [0.25, 0.3) is 0 Å². The zero-order valence-corrected chi connectivity index (χ0v) is 8.11. The Morgan fingerprint density at radius 1 is 1.50 bits per heavy atom. The second-order valence-electron chi connectivity index (χ2n) is 3.62. The van der Waals surface area contributed by atoms with Gasteiger partial charge in [0.05, 0.1) is 0 Å². The Hall–Kier alpha value is -0.830. The van der Waals surface area contributed by atoms with Gasteiger partial charge in [-0.3, -0.25) is 4.79 Å². The fourth-order valence-electron chi connectivity index (χ4n) is 0.940. The molecule has 0 unspecified atom stereocenters. The van der Waals surface area contributed by atoms with Gasteiger partial charge >= 0.3 is 0 Å². The summed E-state index contributed by atoms with van der Waals surface area (Å²) in [7, 11) is 1.90. The number of carbonyl (C=O) groups excluding carboxylic acids is 1. The molecule has 70 valence electrons. The molecule has 0 aliphatic heterocycles. The lowest BCUT2D eigenvalue weighted by Crippen LogP contribution is -2.38. The molecule has 0 fully saturated rings. The van der Waals surface area contributed by atoms with E-state index in [9.17, 15) is 4.79 Å². The number of hydrogen-bond donors (Lipinski definition) is 2. The van der Waals surface area contributed by atoms with Crippen LogP contribution < -0.4 is 10.6 Å². The van der Waals surface area contributed by atoms with Crippen molar-refractivity contribution in [3.63, 3.8) is 0 Å². The molecule has 1 amide bonds. The molecule has 3 nitrogen and oxygen atoms in total. The molecule has 0 aromatic heterocycles. The molecule has 3 heteroatoms. The van der Waals surface area contributed by atoms with E-state index in [1.807, 2.05) is 7.05 Å². The lowest BCUT2D eigenvalue weighted by atomic mass is 9.93. The fraction of sp³-hybridized carbons (Fsp3) is 0.667. The summed E-state index contributed by atoms with van der Waals surface area (Å²) in [5, 5.41) is 5.83. The van der Waals surface area contributed by atoms with Gasteiger partial charge in [-0.2, -0.15) is 0 Å². The van der Waals surface area contributed by atoms with Gasteiger partial charge in [-0.15, -0.1) is 0 Å². The maximum absolute atomic E-state index is 10.8. The molecule has 2 N–H and O–H groups in total. The van der Waals surface area contributed by atoms with Crippen LogP contribution in [0.1, 0.15) is 13.8 Å². The molecule has 0 atom stereocenters. The first-order valence-electron chi connectivity index (χ1n) is 4.07. The van der Waals surface area contributed by atoms with Crippen LogP contribution in [0.4, 0.5) is 0 Å². The number of carbonyl (C=O) groups is 1. The quantitative estimate of drug-likeness (QED) is 0.591. The summed E-state index contributed by atoms with van der Waals surface area (Å²) in [5.41, 5.74) is 0.0907. The van der Waals surface area contributed by atoms with Crippen LogP contribution in [0.3, 0.4) is 0 Å². The SMILES string of the molecule is C=CC(=O)NCC(C)(C)CNC. The highest BCUT2D eigenvalue weighted by Gasteiger charge is 2.16. The van der Waals surface area contributed by atoms with Gasteiger partial charge in [0.1, 0.15) is 0 Å². The van der Waals surface area contributed by atoms with Gasteiger partial charge < -0.3 is 10.6 Å². The average Bonchev–Trinajstić information content (AvgIpc) is 2.00. The highest BCUT2D eigenvalue weighted by Crippen LogP contribution is 2.10. The average molecular weight is 170 g/mol. The minimum absolute atomic E-state index is 0.0907. The van der Waals surface area contributed by atoms with E-state index in [1.165, 1.54) is 6.08 Å². The fourth-order valence-corrected chi connectivity index (χ4v) is 0.940. The highest BCUT2D eigenvalue weighted by molar-refractivity contribution is 5.86. The minimum Gasteiger partial charge on any atom is -0.352 e. The Morgan fingerprint density at radius 2 is 2.08 bits per heavy atom. The van der Waals surface area contributed by atoms with Crippen LogP contribution in [0.5, 0.6) is 0 Å². The van der Waals surface area contributed by atoms with Gasteiger partial charge in [0, 0.05) is 13.1 Å². The van der Waals surface area contributed by atoms with Crippen molar-refractivity contribution in [3.05, 3.63) is 12.7 Å². The highest BCUT2D eigenvalue weighted by atomic mass is 16.1. The largest absolute Gasteiger partial charge is 0.352 e. The molecule has 0 saturated heterocycles. The second kappa shape index (κ2) is 4.93. The summed E-state index contributed by atoms with van der Waals surface area (Å²) in [5.74, 6) is -0.112. The van der Waals surface area contributed by atoms with E-state index in [2.05, 4.69) is 31.1 Å². The number of amides is 1. The standard InChI is InChI=1S/C9H18N2O/c1-5-8(12)11-7-9(2,3)6-10-4/h5,10H,1,6-7H2,2-4H3,(H,11,12). The van der Waals surface area contributed by atoms with Crippen molar-refractivity contribution < 1.29 is 4.79 Å². The van der Waals surface area contributed by atoms with Crippen LogP contribution in [0.2, 0.25) is 0 Å². The predicted octanol–water partition coefficient (Wildman–Crippen LogP) is 0.534. The molecule has 0 saturated carbocycles. The van der Waals surface area contributed by atoms with Crippen LogP contribution in [-0.4, -0.2) is 26.0 Å². The molecule has 12 heavy (non-hydrogen) atoms. The molecule has 0 aliphatic carbocycles. The summed E-state index contributed by atoms with van der Waals surface area (Å²) >= 11 is 0. The maximum Gasteiger partial charge on any atom is 0.243 e. The third kappa shape index (κ3) is 4.91. The lowest BCUT2D eigenvalue weighted by Gasteiger charge is -2.23. The number of nitrogens with one attached hydrogen (secondary N) is 2. The van der Waals surface area contributed by atoms with E-state index >= 15 is 0 Å². The van der Waals surface area contributed by atoms with Crippen molar-refractivity contribution in [2.75, 3.05) is 20.1 Å². The zero-order chi connectivity index (χ0) is 9.61. The van der Waals surface area contributed by atoms with Gasteiger partial charge in [-0.05, 0) is 18.5 Å². The van der Waals surface area contributed by atoms with Crippen molar-refractivity contribution in [2.45, 2.75) is 13.8 Å². The molecule has 0 aromatic rings. The Labute approximate surface area is 74.2 Å². The number of rotatable bonds is 5. The van der Waals surface area contributed by atoms with Crippen LogP contribution >= 0.6 is 0 Å². The molecular weight excluding hydrogens is 152 g/mol. The molecule has 0 aliphatic rings. The summed E-state index contributed by atoms with van der Waals surface area (Å²) in [4.78, 5) is 10.8. The third-order valence-electron chi connectivity index (χ3n) is 1.58. The monoisotopic (exact) mass is 170 g/mol. The molecule has 0 rings (SSSR count). The van der Waals surface area contributed by atoms with Gasteiger partial charge in [-0.1, -0.05) is 20.4 Å². The summed E-state index contributed by atoms with van der Waals surface area (Å²) in [6.07, 6.45) is 1.29. The van der Waals surface area contributed by atoms with Crippen molar-refractivity contribution >= 4 is 5.91 Å². The maximum atomic E-state index is 10.8. The van der Waals surface area contributed by atoms with Crippen molar-refractivity contribution in [1.82, 2.24) is 10.6 Å². The Morgan fingerprint density at radius 3 is 2.50 bits per heavy atom. The summed E-state index contributed by atoms with van der Waals surface area (Å²) in [6.45, 7) is 9.10. The van der Waals surface area contributed by atoms with Crippen molar-refractivity contribution in [3.8, 4) is 0 Å². The lowest BCUT2D eigenvalue weighted by molar-refractivity contribution is -0.116. The molecule has 0 spiro atoms. The van der Waals surface area contributed by atoms with E-state index in [-0.39, 0.29) is 11.3 Å². The van der Waals surface area contributed by atoms with E-state index in [4.69, 9.17) is 0 Å². The number of hydrogen-bond acceptors (Lipinski definition) is 2. The van der Waals surface area contributed by atoms with Crippen LogP contribution in [0.15, 0.2) is 12.7 Å². The Kier molecular flexibility index (Phi) is 4.59. The Bertz CT molecular complexity index is 164. The van der Waals surface area contributed by atoms with Crippen LogP contribution in [0.25, 0.3) is 0 Å². The normalized spacial score (nSPS) is 10.9. The second-order valence-corrected chi connectivity index (χ2v) is 3.62. The smallest absolute Gasteiger partial charge is 0.243 e. The van der Waals surface area contributed by atoms with Crippen LogP contribution in [-0.2, 0) is 4.79 Å². The topological polar surface area (TPSA) is 41.1 Å². The van der Waals surface area contributed by atoms with E-state index in [1.54, 1.807) is 0 Å². The molecular formula is C9H18N2O. The van der Waals surface area contributed by atoms with E-state index in [0.29, 0.717) is 6.54 Å². The summed E-state index contributed by atoms with van der Waals surface area (Å²) < 4.78 is 0. The summed E-state index contributed by atoms with van der Waals surface area (Å²) in [6, 6.07) is 0. The first kappa shape index (κ1) is 11.2. The molecule has 0 aromatic carbocycles.